The van der Waals surface area contributed by atoms with Gasteiger partial charge in [-0.05, 0) is 117 Å². The smallest absolute Gasteiger partial charge is 0.0651 e. The Kier molecular flexibility index (Phi) is 3.48. The molecule has 0 bridgehead atoms. The van der Waals surface area contributed by atoms with Crippen LogP contribution in [0.2, 0.25) is 0 Å². The molecule has 0 atom stereocenters. The molecule has 0 aliphatic rings. The molecule has 2 nitrogen and oxygen atoms in total. The Balaban J connectivity index is 1.34. The van der Waals surface area contributed by atoms with E-state index in [0.717, 1.165) is 0 Å². The van der Waals surface area contributed by atoms with Crippen LogP contribution in [0, 0.1) is 0 Å². The average molecular weight is 833 g/mol. The Morgan fingerprint density at radius 3 is 1.32 bits per heavy atom. The normalized spacial score (nSPS) is 20.7. The Labute approximate surface area is 421 Å². The van der Waals surface area contributed by atoms with Gasteiger partial charge in [0.1, 0.15) is 0 Å². The summed E-state index contributed by atoms with van der Waals surface area (Å²) in [6.07, 6.45) is 0. The van der Waals surface area contributed by atoms with Crippen molar-refractivity contribution in [3.05, 3.63) is 254 Å². The van der Waals surface area contributed by atoms with Crippen molar-refractivity contribution in [2.75, 3.05) is 4.90 Å². The van der Waals surface area contributed by atoms with E-state index < -0.39 is 354 Å². The first-order valence-corrected chi connectivity index (χ1v) is 17.8. The topological polar surface area (TPSA) is 8.17 Å². The summed E-state index contributed by atoms with van der Waals surface area (Å²) >= 11 is 0. The lowest BCUT2D eigenvalue weighted by Crippen LogP contribution is -2.11. The van der Waals surface area contributed by atoms with Crippen LogP contribution in [-0.4, -0.2) is 4.57 Å². The van der Waals surface area contributed by atoms with Gasteiger partial charge in [0.05, 0.1) is 74.3 Å². The zero-order valence-electron chi connectivity index (χ0n) is 72.9. The quantitative estimate of drug-likeness (QED) is 0.141. The number of hydrogen-bond acceptors (Lipinski definition) is 1. The minimum Gasteiger partial charge on any atom is -0.310 e. The van der Waals surface area contributed by atoms with E-state index in [1.54, 1.807) is 0 Å². The van der Waals surface area contributed by atoms with E-state index in [0.29, 0.717) is 4.57 Å². The van der Waals surface area contributed by atoms with E-state index in [9.17, 15) is 27.4 Å². The second-order valence-corrected chi connectivity index (χ2v) is 12.5. The first-order valence-electron chi connectivity index (χ1n) is 38.8. The second-order valence-electron chi connectivity index (χ2n) is 12.5. The van der Waals surface area contributed by atoms with Crippen molar-refractivity contribution in [1.82, 2.24) is 4.57 Å². The van der Waals surface area contributed by atoms with Gasteiger partial charge in [0.15, 0.2) is 0 Å². The van der Waals surface area contributed by atoms with Crippen molar-refractivity contribution < 1.29 is 57.6 Å². The number of hydrogen-bond donors (Lipinski definition) is 0. The van der Waals surface area contributed by atoms with E-state index in [-0.39, 0.29) is 4.90 Å². The molecular weight excluding hydrogens is 749 g/mol. The van der Waals surface area contributed by atoms with Gasteiger partial charge >= 0.3 is 0 Å². The van der Waals surface area contributed by atoms with Crippen LogP contribution in [0.1, 0.15) is 57.6 Å². The molecule has 0 unspecified atom stereocenters. The average Bonchev–Trinajstić information content (AvgIpc) is 1.03. The van der Waals surface area contributed by atoms with Crippen LogP contribution < -0.4 is 4.90 Å². The fourth-order valence-electron chi connectivity index (χ4n) is 6.23. The number of rotatable bonds is 9. The van der Waals surface area contributed by atoms with Crippen LogP contribution >= 0.6 is 0 Å². The predicted octanol–water partition coefficient (Wildman–Crippen LogP) is 16.6. The molecule has 0 N–H and O–H groups in total. The van der Waals surface area contributed by atoms with Crippen molar-refractivity contribution in [1.29, 1.82) is 0 Å². The summed E-state index contributed by atoms with van der Waals surface area (Å²) in [4.78, 5) is 0.141. The van der Waals surface area contributed by atoms with E-state index >= 15 is 0 Å². The Bertz CT molecular complexity index is 5660. The van der Waals surface area contributed by atoms with E-state index in [4.69, 9.17) is 30.2 Å². The third-order valence-corrected chi connectivity index (χ3v) is 8.93. The summed E-state index contributed by atoms with van der Waals surface area (Å²) < 4.78 is 383. The molecule has 2 heteroatoms. The van der Waals surface area contributed by atoms with Crippen LogP contribution in [0.4, 0.5) is 17.1 Å². The van der Waals surface area contributed by atoms with Crippen LogP contribution in [-0.2, 0) is 0 Å². The van der Waals surface area contributed by atoms with E-state index in [2.05, 4.69) is 0 Å². The summed E-state index contributed by atoms with van der Waals surface area (Å²) in [5.74, 6) is 0. The number of anilines is 3. The molecule has 292 valence electrons. The zero-order chi connectivity index (χ0) is 77.8. The number of benzene rings is 10. The third kappa shape index (κ3) is 6.94. The first kappa shape index (κ1) is 13.4. The maximum absolute atomic E-state index is 10.0. The molecule has 62 heavy (non-hydrogen) atoms. The fourth-order valence-corrected chi connectivity index (χ4v) is 6.23. The standard InChI is InChI=1S/C60H42N2/c1-5-16-43(17-6-1)46-28-34-52(35-29-46)61(59-38-32-50(45-20-9-3-10-21-45)41-56(59)48-22-11-4-12-23-48)53-36-30-47(31-37-53)51-33-39-60-57(42-51)55-26-13-14-27-58(55)62(60)54-25-15-24-49(40-54)44-18-7-2-8-19-44/h1-42H/i1D,2D,3D,4D,5D,6D,7D,8D,9D,10D,11D,12D,13D,14D,15D,16D,17D,18D,19D,20D,21D,22D,23D,24D,25D,26D,27D,28D,29D,30D,31D,32D,33D,34D,35D,36D,37D,38D,39D,40D,41D,42D. The maximum atomic E-state index is 10.0. The van der Waals surface area contributed by atoms with E-state index in [1.165, 1.54) is 0 Å². The molecule has 0 amide bonds. The molecular formula is C60H42N2. The van der Waals surface area contributed by atoms with Gasteiger partial charge in [0, 0.05) is 33.4 Å². The van der Waals surface area contributed by atoms with Gasteiger partial charge in [-0.15, -0.1) is 0 Å². The zero-order valence-corrected chi connectivity index (χ0v) is 30.9. The van der Waals surface area contributed by atoms with Gasteiger partial charge in [0.2, 0.25) is 0 Å². The molecule has 1 aromatic heterocycles. The van der Waals surface area contributed by atoms with Gasteiger partial charge in [-0.3, -0.25) is 0 Å². The predicted molar refractivity (Wildman–Crippen MR) is 263 cm³/mol. The number of aromatic nitrogens is 1. The van der Waals surface area contributed by atoms with Gasteiger partial charge < -0.3 is 9.47 Å². The Hall–Kier alpha value is -8.20. The summed E-state index contributed by atoms with van der Waals surface area (Å²) in [6, 6.07) is -50.3. The molecule has 1 heterocycles. The lowest BCUT2D eigenvalue weighted by Gasteiger charge is -2.29. The summed E-state index contributed by atoms with van der Waals surface area (Å²) in [6.45, 7) is 0. The van der Waals surface area contributed by atoms with Gasteiger partial charge in [-0.2, -0.15) is 0 Å². The van der Waals surface area contributed by atoms with Crippen LogP contribution in [0.25, 0.3) is 83.1 Å². The van der Waals surface area contributed by atoms with Crippen molar-refractivity contribution in [3.8, 4) is 61.3 Å². The molecule has 0 fully saturated rings. The third-order valence-electron chi connectivity index (χ3n) is 8.93. The second kappa shape index (κ2) is 16.1. The van der Waals surface area contributed by atoms with Crippen molar-refractivity contribution >= 4 is 38.9 Å². The lowest BCUT2D eigenvalue weighted by molar-refractivity contribution is 1.18. The largest absolute Gasteiger partial charge is 0.310 e. The minimum absolute atomic E-state index is 0.141. The van der Waals surface area contributed by atoms with Crippen LogP contribution in [0.5, 0.6) is 0 Å². The highest BCUT2D eigenvalue weighted by Gasteiger charge is 2.20. The molecule has 11 rings (SSSR count). The minimum atomic E-state index is -1.54. The Morgan fingerprint density at radius 1 is 0.290 bits per heavy atom. The van der Waals surface area contributed by atoms with Crippen molar-refractivity contribution in [2.24, 2.45) is 0 Å². The maximum Gasteiger partial charge on any atom is 0.0651 e. The van der Waals surface area contributed by atoms with Gasteiger partial charge in [-0.25, -0.2) is 0 Å². The van der Waals surface area contributed by atoms with Crippen LogP contribution in [0.3, 0.4) is 0 Å². The first-order chi connectivity index (χ1) is 48.2. The molecule has 0 saturated heterocycles. The summed E-state index contributed by atoms with van der Waals surface area (Å²) in [5.41, 5.74) is -17.7. The van der Waals surface area contributed by atoms with Crippen molar-refractivity contribution in [3.63, 3.8) is 0 Å². The van der Waals surface area contributed by atoms with Gasteiger partial charge in [0.25, 0.3) is 0 Å². The number of nitrogens with zero attached hydrogens (tertiary/aromatic N) is 2. The molecule has 0 saturated carbocycles. The fraction of sp³-hybridized carbons (Fsp3) is 0. The summed E-state index contributed by atoms with van der Waals surface area (Å²) in [5, 5.41) is -1.65. The highest BCUT2D eigenvalue weighted by atomic mass is 15.1. The molecule has 11 aromatic rings. The number of fused-ring (bicyclic) bond motifs is 3. The monoisotopic (exact) mass is 833 g/mol. The lowest BCUT2D eigenvalue weighted by atomic mass is 9.96. The molecule has 0 radical (unpaired) electrons. The highest BCUT2D eigenvalue weighted by molar-refractivity contribution is 6.10. The van der Waals surface area contributed by atoms with Gasteiger partial charge in [-0.1, -0.05) is 187 Å². The van der Waals surface area contributed by atoms with Crippen LogP contribution in [0.15, 0.2) is 254 Å². The molecule has 0 aliphatic carbocycles. The highest BCUT2D eigenvalue weighted by Crippen LogP contribution is 2.44. The van der Waals surface area contributed by atoms with Crippen molar-refractivity contribution in [2.45, 2.75) is 0 Å². The SMILES string of the molecule is [2H]c1c([2H])c([2H])c(-c2c([2H])c([2H])c(N(c3c([2H])c([2H])c(-c4c([2H])c([2H])c5c(c4[2H])c4c([2H])c([2H])c([2H])c([2H])c4n5-c4c([2H])c([2H])c([2H])c(-c5c([2H])c([2H])c([2H])c([2H])c5[2H])c4[2H])c([2H])c3[2H])c3c([2H])c([2H])c(-c4c([2H])c([2H])c([2H])c([2H])c4[2H])c([2H])c3-c3c([2H])c([2H])c([2H])c([2H])c3[2H])c([2H])c2[2H])c([2H])c1[2H]. The molecule has 10 aromatic carbocycles. The Morgan fingerprint density at radius 2 is 0.710 bits per heavy atom. The van der Waals surface area contributed by atoms with E-state index in [1.807, 2.05) is 0 Å². The summed E-state index contributed by atoms with van der Waals surface area (Å²) in [7, 11) is 0. The molecule has 0 spiro atoms. The molecule has 0 aliphatic heterocycles. The number of para-hydroxylation sites is 1.